The van der Waals surface area contributed by atoms with Gasteiger partial charge in [-0.15, -0.1) is 0 Å². The lowest BCUT2D eigenvalue weighted by Crippen LogP contribution is -2.00. The van der Waals surface area contributed by atoms with Crippen molar-refractivity contribution in [3.8, 4) is 11.6 Å². The van der Waals surface area contributed by atoms with Crippen LogP contribution in [0.2, 0.25) is 10.0 Å². The Bertz CT molecular complexity index is 744. The third kappa shape index (κ3) is 5.38. The van der Waals surface area contributed by atoms with Gasteiger partial charge in [0, 0.05) is 5.57 Å². The van der Waals surface area contributed by atoms with Crippen LogP contribution in [0.15, 0.2) is 36.9 Å². The monoisotopic (exact) mass is 379 g/mol. The first kappa shape index (κ1) is 19.6. The average molecular weight is 380 g/mol. The second-order valence-corrected chi connectivity index (χ2v) is 7.01. The first-order chi connectivity index (χ1) is 11.9. The van der Waals surface area contributed by atoms with Crippen LogP contribution in [0.3, 0.4) is 0 Å². The van der Waals surface area contributed by atoms with Gasteiger partial charge in [0.05, 0.1) is 24.4 Å². The van der Waals surface area contributed by atoms with Gasteiger partial charge in [0.2, 0.25) is 5.88 Å². The van der Waals surface area contributed by atoms with Crippen molar-refractivity contribution in [2.24, 2.45) is 5.92 Å². The summed E-state index contributed by atoms with van der Waals surface area (Å²) in [5.74, 6) is 1.73. The Labute approximate surface area is 159 Å². The Hall–Kier alpha value is -1.71. The number of benzene rings is 1. The SMILES string of the molecule is C=C(c1ccc(OCCCC(C)C)c(Cl)c1)c1ccc(Cl)c(OC)n1. The molecule has 2 aromatic rings. The summed E-state index contributed by atoms with van der Waals surface area (Å²) in [6, 6.07) is 9.17. The zero-order valence-electron chi connectivity index (χ0n) is 14.8. The highest BCUT2D eigenvalue weighted by Crippen LogP contribution is 2.31. The lowest BCUT2D eigenvalue weighted by molar-refractivity contribution is 0.298. The Morgan fingerprint density at radius 3 is 2.56 bits per heavy atom. The lowest BCUT2D eigenvalue weighted by atomic mass is 10.0. The molecule has 0 unspecified atom stereocenters. The van der Waals surface area contributed by atoms with E-state index in [1.54, 1.807) is 12.1 Å². The first-order valence-electron chi connectivity index (χ1n) is 8.25. The summed E-state index contributed by atoms with van der Waals surface area (Å²) >= 11 is 12.4. The molecule has 0 spiro atoms. The van der Waals surface area contributed by atoms with Gasteiger partial charge in [-0.05, 0) is 48.6 Å². The zero-order chi connectivity index (χ0) is 18.4. The van der Waals surface area contributed by atoms with E-state index in [2.05, 4.69) is 25.4 Å². The standard InChI is InChI=1S/C20H23Cl2NO2/c1-13(2)6-5-11-25-19-10-7-15(12-17(19)22)14(3)18-9-8-16(21)20(23-18)24-4/h7-10,12-13H,3,5-6,11H2,1-2,4H3. The predicted molar refractivity (Wildman–Crippen MR) is 105 cm³/mol. The van der Waals surface area contributed by atoms with Gasteiger partial charge in [0.15, 0.2) is 0 Å². The third-order valence-corrected chi connectivity index (χ3v) is 4.36. The van der Waals surface area contributed by atoms with Crippen molar-refractivity contribution in [2.75, 3.05) is 13.7 Å². The van der Waals surface area contributed by atoms with Gasteiger partial charge in [0.25, 0.3) is 0 Å². The van der Waals surface area contributed by atoms with Crippen LogP contribution in [0.4, 0.5) is 0 Å². The number of hydrogen-bond donors (Lipinski definition) is 0. The molecule has 0 atom stereocenters. The van der Waals surface area contributed by atoms with E-state index in [1.807, 2.05) is 18.2 Å². The Balaban J connectivity index is 2.10. The van der Waals surface area contributed by atoms with Crippen LogP contribution < -0.4 is 9.47 Å². The minimum atomic E-state index is 0.372. The van der Waals surface area contributed by atoms with E-state index in [4.69, 9.17) is 32.7 Å². The highest BCUT2D eigenvalue weighted by atomic mass is 35.5. The van der Waals surface area contributed by atoms with E-state index in [1.165, 1.54) is 7.11 Å². The van der Waals surface area contributed by atoms with Gasteiger partial charge in [-0.1, -0.05) is 49.7 Å². The maximum absolute atomic E-state index is 6.35. The Morgan fingerprint density at radius 1 is 1.16 bits per heavy atom. The summed E-state index contributed by atoms with van der Waals surface area (Å²) in [6.45, 7) is 9.17. The number of nitrogens with zero attached hydrogens (tertiary/aromatic N) is 1. The smallest absolute Gasteiger partial charge is 0.232 e. The zero-order valence-corrected chi connectivity index (χ0v) is 16.3. The predicted octanol–water partition coefficient (Wildman–Crippen LogP) is 6.27. The van der Waals surface area contributed by atoms with E-state index in [9.17, 15) is 0 Å². The van der Waals surface area contributed by atoms with Gasteiger partial charge in [-0.2, -0.15) is 0 Å². The number of halogens is 2. The van der Waals surface area contributed by atoms with Crippen molar-refractivity contribution in [2.45, 2.75) is 26.7 Å². The van der Waals surface area contributed by atoms with Gasteiger partial charge in [-0.25, -0.2) is 4.98 Å². The second-order valence-electron chi connectivity index (χ2n) is 6.20. The molecule has 0 bridgehead atoms. The molecule has 1 aromatic carbocycles. The van der Waals surface area contributed by atoms with E-state index in [0.717, 1.165) is 24.0 Å². The van der Waals surface area contributed by atoms with Gasteiger partial charge in [-0.3, -0.25) is 0 Å². The molecule has 0 saturated heterocycles. The molecule has 0 aliphatic heterocycles. The highest BCUT2D eigenvalue weighted by Gasteiger charge is 2.11. The van der Waals surface area contributed by atoms with Crippen LogP contribution in [0.25, 0.3) is 5.57 Å². The van der Waals surface area contributed by atoms with Crippen molar-refractivity contribution in [3.63, 3.8) is 0 Å². The van der Waals surface area contributed by atoms with Crippen molar-refractivity contribution in [1.82, 2.24) is 4.98 Å². The fraction of sp³-hybridized carbons (Fsp3) is 0.350. The van der Waals surface area contributed by atoms with Crippen molar-refractivity contribution < 1.29 is 9.47 Å². The molecule has 0 radical (unpaired) electrons. The summed E-state index contributed by atoms with van der Waals surface area (Å²) in [4.78, 5) is 4.37. The topological polar surface area (TPSA) is 31.4 Å². The third-order valence-electron chi connectivity index (χ3n) is 3.78. The minimum absolute atomic E-state index is 0.372. The lowest BCUT2D eigenvalue weighted by Gasteiger charge is -2.12. The molecular formula is C20H23Cl2NO2. The fourth-order valence-corrected chi connectivity index (χ4v) is 2.78. The van der Waals surface area contributed by atoms with Crippen LogP contribution in [0, 0.1) is 5.92 Å². The van der Waals surface area contributed by atoms with Crippen LogP contribution >= 0.6 is 23.2 Å². The van der Waals surface area contributed by atoms with Crippen LogP contribution in [-0.2, 0) is 0 Å². The largest absolute Gasteiger partial charge is 0.492 e. The Kier molecular flexibility index (Phi) is 7.15. The molecular weight excluding hydrogens is 357 g/mol. The molecule has 0 aliphatic carbocycles. The summed E-state index contributed by atoms with van der Waals surface area (Å²) in [5, 5.41) is 1.02. The van der Waals surface area contributed by atoms with Crippen LogP contribution in [-0.4, -0.2) is 18.7 Å². The molecule has 5 heteroatoms. The molecule has 134 valence electrons. The molecule has 25 heavy (non-hydrogen) atoms. The summed E-state index contributed by atoms with van der Waals surface area (Å²) in [6.07, 6.45) is 2.15. The van der Waals surface area contributed by atoms with Crippen molar-refractivity contribution in [3.05, 3.63) is 58.2 Å². The van der Waals surface area contributed by atoms with Gasteiger partial charge >= 0.3 is 0 Å². The molecule has 0 fully saturated rings. The number of ether oxygens (including phenoxy) is 2. The number of pyridine rings is 1. The van der Waals surface area contributed by atoms with E-state index in [-0.39, 0.29) is 0 Å². The minimum Gasteiger partial charge on any atom is -0.492 e. The molecule has 0 N–H and O–H groups in total. The first-order valence-corrected chi connectivity index (χ1v) is 9.00. The number of rotatable bonds is 8. The molecule has 1 aromatic heterocycles. The quantitative estimate of drug-likeness (QED) is 0.506. The normalized spacial score (nSPS) is 10.8. The van der Waals surface area contributed by atoms with Crippen LogP contribution in [0.5, 0.6) is 11.6 Å². The van der Waals surface area contributed by atoms with E-state index >= 15 is 0 Å². The molecule has 0 amide bonds. The molecule has 0 aliphatic rings. The molecule has 3 nitrogen and oxygen atoms in total. The number of hydrogen-bond acceptors (Lipinski definition) is 3. The van der Waals surface area contributed by atoms with Crippen LogP contribution in [0.1, 0.15) is 37.9 Å². The van der Waals surface area contributed by atoms with Crippen molar-refractivity contribution in [1.29, 1.82) is 0 Å². The number of methoxy groups -OCH3 is 1. The fourth-order valence-electron chi connectivity index (χ4n) is 2.36. The Morgan fingerprint density at radius 2 is 1.92 bits per heavy atom. The summed E-state index contributed by atoms with van der Waals surface area (Å²) in [7, 11) is 1.53. The van der Waals surface area contributed by atoms with Crippen molar-refractivity contribution >= 4 is 28.8 Å². The highest BCUT2D eigenvalue weighted by molar-refractivity contribution is 6.32. The van der Waals surface area contributed by atoms with E-state index in [0.29, 0.717) is 39.9 Å². The summed E-state index contributed by atoms with van der Waals surface area (Å²) < 4.78 is 10.9. The maximum atomic E-state index is 6.35. The maximum Gasteiger partial charge on any atom is 0.232 e. The molecule has 1 heterocycles. The van der Waals surface area contributed by atoms with Gasteiger partial charge in [0.1, 0.15) is 10.8 Å². The average Bonchev–Trinajstić information content (AvgIpc) is 2.59. The van der Waals surface area contributed by atoms with Gasteiger partial charge < -0.3 is 9.47 Å². The second kappa shape index (κ2) is 9.12. The van der Waals surface area contributed by atoms with E-state index < -0.39 is 0 Å². The molecule has 2 rings (SSSR count). The molecule has 0 saturated carbocycles. The summed E-state index contributed by atoms with van der Waals surface area (Å²) in [5.41, 5.74) is 2.29. The number of aromatic nitrogens is 1.